The van der Waals surface area contributed by atoms with Gasteiger partial charge in [-0.15, -0.1) is 0 Å². The number of hydrogen-bond acceptors (Lipinski definition) is 5. The number of imidazole rings is 1. The van der Waals surface area contributed by atoms with E-state index < -0.39 is 5.25 Å². The van der Waals surface area contributed by atoms with Gasteiger partial charge in [0.25, 0.3) is 5.56 Å². The van der Waals surface area contributed by atoms with Crippen LogP contribution in [0.15, 0.2) is 40.5 Å². The number of aromatic nitrogens is 4. The molecule has 0 aliphatic rings. The smallest absolute Gasteiger partial charge is 0.277 e. The van der Waals surface area contributed by atoms with Crippen LogP contribution in [0.5, 0.6) is 0 Å². The fourth-order valence-corrected chi connectivity index (χ4v) is 2.84. The zero-order valence-electron chi connectivity index (χ0n) is 12.6. The third-order valence-corrected chi connectivity index (χ3v) is 4.32. The first-order chi connectivity index (χ1) is 11.0. The standard InChI is InChI=1S/C15H15N5O2S/c1-8-5-3-4-6-10(8)18-13(21)9(2)23-15-19-12-11(14(22)20-15)16-7-17-12/h3-7,9H,1-2H3,(H,18,21)(H2,16,17,19,20,22). The zero-order valence-corrected chi connectivity index (χ0v) is 13.4. The number of nitrogens with one attached hydrogen (secondary N) is 3. The number of rotatable bonds is 4. The molecule has 1 aromatic carbocycles. The molecule has 0 bridgehead atoms. The molecule has 0 aliphatic carbocycles. The number of amides is 1. The Balaban J connectivity index is 1.75. The molecule has 7 nitrogen and oxygen atoms in total. The maximum Gasteiger partial charge on any atom is 0.277 e. The topological polar surface area (TPSA) is 104 Å². The highest BCUT2D eigenvalue weighted by Crippen LogP contribution is 2.21. The summed E-state index contributed by atoms with van der Waals surface area (Å²) in [6, 6.07) is 7.56. The molecule has 3 N–H and O–H groups in total. The van der Waals surface area contributed by atoms with Crippen molar-refractivity contribution in [3.63, 3.8) is 0 Å². The lowest BCUT2D eigenvalue weighted by molar-refractivity contribution is -0.115. The van der Waals surface area contributed by atoms with Gasteiger partial charge in [0, 0.05) is 5.69 Å². The SMILES string of the molecule is Cc1ccccc1NC(=O)C(C)Sc1nc2nc[nH]c2c(=O)[nH]1. The van der Waals surface area contributed by atoms with E-state index in [-0.39, 0.29) is 11.5 Å². The van der Waals surface area contributed by atoms with Gasteiger partial charge < -0.3 is 10.3 Å². The summed E-state index contributed by atoms with van der Waals surface area (Å²) in [6.45, 7) is 3.69. The molecule has 0 saturated carbocycles. The van der Waals surface area contributed by atoms with Crippen LogP contribution in [0.3, 0.4) is 0 Å². The summed E-state index contributed by atoms with van der Waals surface area (Å²) in [5.41, 5.74) is 2.12. The van der Waals surface area contributed by atoms with Crippen molar-refractivity contribution in [1.82, 2.24) is 19.9 Å². The molecule has 2 aromatic heterocycles. The summed E-state index contributed by atoms with van der Waals surface area (Å²) in [5.74, 6) is -0.158. The number of aryl methyl sites for hydroxylation is 1. The minimum atomic E-state index is -0.422. The van der Waals surface area contributed by atoms with E-state index in [2.05, 4.69) is 25.3 Å². The van der Waals surface area contributed by atoms with Crippen LogP contribution < -0.4 is 10.9 Å². The summed E-state index contributed by atoms with van der Waals surface area (Å²) >= 11 is 1.18. The number of aromatic amines is 2. The number of anilines is 1. The second-order valence-corrected chi connectivity index (χ2v) is 6.37. The van der Waals surface area contributed by atoms with Crippen molar-refractivity contribution >= 4 is 34.5 Å². The Labute approximate surface area is 135 Å². The summed E-state index contributed by atoms with van der Waals surface area (Å²) in [4.78, 5) is 37.7. The van der Waals surface area contributed by atoms with Crippen LogP contribution in [0.1, 0.15) is 12.5 Å². The number of hydrogen-bond donors (Lipinski definition) is 3. The number of H-pyrrole nitrogens is 2. The molecular formula is C15H15N5O2S. The largest absolute Gasteiger partial charge is 0.339 e. The number of fused-ring (bicyclic) bond motifs is 1. The van der Waals surface area contributed by atoms with Crippen molar-refractivity contribution in [2.24, 2.45) is 0 Å². The molecule has 0 fully saturated rings. The van der Waals surface area contributed by atoms with Crippen molar-refractivity contribution in [1.29, 1.82) is 0 Å². The van der Waals surface area contributed by atoms with Crippen LogP contribution in [0, 0.1) is 6.92 Å². The molecule has 2 heterocycles. The van der Waals surface area contributed by atoms with Gasteiger partial charge in [-0.2, -0.15) is 0 Å². The molecule has 0 saturated heterocycles. The van der Waals surface area contributed by atoms with Gasteiger partial charge in [-0.3, -0.25) is 14.6 Å². The van der Waals surface area contributed by atoms with Gasteiger partial charge >= 0.3 is 0 Å². The summed E-state index contributed by atoms with van der Waals surface area (Å²) in [5, 5.41) is 2.82. The van der Waals surface area contributed by atoms with E-state index in [1.54, 1.807) is 6.92 Å². The zero-order chi connectivity index (χ0) is 16.4. The molecule has 118 valence electrons. The molecule has 23 heavy (non-hydrogen) atoms. The molecule has 1 amide bonds. The molecular weight excluding hydrogens is 314 g/mol. The highest BCUT2D eigenvalue weighted by molar-refractivity contribution is 8.00. The van der Waals surface area contributed by atoms with E-state index in [1.165, 1.54) is 18.1 Å². The summed E-state index contributed by atoms with van der Waals surface area (Å²) in [6.07, 6.45) is 1.41. The fraction of sp³-hybridized carbons (Fsp3) is 0.200. The van der Waals surface area contributed by atoms with E-state index in [9.17, 15) is 9.59 Å². The Kier molecular flexibility index (Phi) is 4.16. The Morgan fingerprint density at radius 3 is 2.91 bits per heavy atom. The van der Waals surface area contributed by atoms with Crippen LogP contribution >= 0.6 is 11.8 Å². The molecule has 1 atom stereocenters. The van der Waals surface area contributed by atoms with E-state index in [0.29, 0.717) is 16.3 Å². The van der Waals surface area contributed by atoms with E-state index in [1.807, 2.05) is 31.2 Å². The second kappa shape index (κ2) is 6.25. The first-order valence-electron chi connectivity index (χ1n) is 7.01. The van der Waals surface area contributed by atoms with Crippen LogP contribution in [-0.4, -0.2) is 31.1 Å². The average molecular weight is 329 g/mol. The van der Waals surface area contributed by atoms with Gasteiger partial charge in [-0.1, -0.05) is 30.0 Å². The lowest BCUT2D eigenvalue weighted by Gasteiger charge is -2.12. The van der Waals surface area contributed by atoms with Crippen LogP contribution in [0.25, 0.3) is 11.2 Å². The molecule has 3 aromatic rings. The highest BCUT2D eigenvalue weighted by atomic mass is 32.2. The maximum absolute atomic E-state index is 12.3. The predicted octanol–water partition coefficient (Wildman–Crippen LogP) is 2.07. The predicted molar refractivity (Wildman–Crippen MR) is 89.6 cm³/mol. The Morgan fingerprint density at radius 1 is 1.35 bits per heavy atom. The van der Waals surface area contributed by atoms with Crippen molar-refractivity contribution in [2.75, 3.05) is 5.32 Å². The van der Waals surface area contributed by atoms with Gasteiger partial charge in [0.05, 0.1) is 11.6 Å². The second-order valence-electron chi connectivity index (χ2n) is 5.04. The Bertz CT molecular complexity index is 917. The lowest BCUT2D eigenvalue weighted by Crippen LogP contribution is -2.23. The molecule has 8 heteroatoms. The highest BCUT2D eigenvalue weighted by Gasteiger charge is 2.17. The third-order valence-electron chi connectivity index (χ3n) is 3.33. The third kappa shape index (κ3) is 3.26. The van der Waals surface area contributed by atoms with Gasteiger partial charge in [-0.05, 0) is 25.5 Å². The first kappa shape index (κ1) is 15.3. The quantitative estimate of drug-likeness (QED) is 0.502. The number of carbonyl (C=O) groups is 1. The molecule has 3 rings (SSSR count). The minimum Gasteiger partial charge on any atom is -0.339 e. The Hall–Kier alpha value is -2.61. The first-order valence-corrected chi connectivity index (χ1v) is 7.89. The lowest BCUT2D eigenvalue weighted by atomic mass is 10.2. The number of benzene rings is 1. The van der Waals surface area contributed by atoms with Crippen LogP contribution in [0.4, 0.5) is 5.69 Å². The van der Waals surface area contributed by atoms with Gasteiger partial charge in [0.1, 0.15) is 0 Å². The van der Waals surface area contributed by atoms with Crippen molar-refractivity contribution < 1.29 is 4.79 Å². The fourth-order valence-electron chi connectivity index (χ4n) is 2.05. The van der Waals surface area contributed by atoms with Gasteiger partial charge in [-0.25, -0.2) is 9.97 Å². The summed E-state index contributed by atoms with van der Waals surface area (Å²) in [7, 11) is 0. The minimum absolute atomic E-state index is 0.158. The van der Waals surface area contributed by atoms with E-state index >= 15 is 0 Å². The van der Waals surface area contributed by atoms with E-state index in [0.717, 1.165) is 11.3 Å². The number of nitrogens with zero attached hydrogens (tertiary/aromatic N) is 2. The molecule has 0 spiro atoms. The van der Waals surface area contributed by atoms with Crippen LogP contribution in [0.2, 0.25) is 0 Å². The maximum atomic E-state index is 12.3. The molecule has 0 aliphatic heterocycles. The molecule has 1 unspecified atom stereocenters. The average Bonchev–Trinajstić information content (AvgIpc) is 2.98. The van der Waals surface area contributed by atoms with Crippen molar-refractivity contribution in [3.8, 4) is 0 Å². The van der Waals surface area contributed by atoms with Gasteiger partial charge in [0.15, 0.2) is 16.3 Å². The van der Waals surface area contributed by atoms with Crippen molar-refractivity contribution in [3.05, 3.63) is 46.5 Å². The van der Waals surface area contributed by atoms with Gasteiger partial charge in [0.2, 0.25) is 5.91 Å². The molecule has 0 radical (unpaired) electrons. The van der Waals surface area contributed by atoms with Crippen LogP contribution in [-0.2, 0) is 4.79 Å². The monoisotopic (exact) mass is 329 g/mol. The number of thioether (sulfide) groups is 1. The number of carbonyl (C=O) groups excluding carboxylic acids is 1. The van der Waals surface area contributed by atoms with Crippen molar-refractivity contribution in [2.45, 2.75) is 24.3 Å². The summed E-state index contributed by atoms with van der Waals surface area (Å²) < 4.78 is 0. The number of para-hydroxylation sites is 1. The Morgan fingerprint density at radius 2 is 2.13 bits per heavy atom. The normalized spacial score (nSPS) is 12.3. The van der Waals surface area contributed by atoms with E-state index in [4.69, 9.17) is 0 Å².